The third-order valence-corrected chi connectivity index (χ3v) is 7.67. The number of para-hydroxylation sites is 4. The summed E-state index contributed by atoms with van der Waals surface area (Å²) in [4.78, 5) is 0. The summed E-state index contributed by atoms with van der Waals surface area (Å²) in [5.74, 6) is 0. The van der Waals surface area contributed by atoms with Crippen molar-refractivity contribution in [2.24, 2.45) is 0 Å². The number of rotatable bonds is 2. The van der Waals surface area contributed by atoms with Gasteiger partial charge in [0.25, 0.3) is 0 Å². The van der Waals surface area contributed by atoms with E-state index in [4.69, 9.17) is 10.5 Å². The molecule has 0 fully saturated rings. The van der Waals surface area contributed by atoms with Crippen LogP contribution in [0.5, 0.6) is 0 Å². The van der Waals surface area contributed by atoms with Crippen molar-refractivity contribution in [2.45, 2.75) is 0 Å². The first kappa shape index (κ1) is 24.9. The highest BCUT2D eigenvalue weighted by Crippen LogP contribution is 2.33. The second-order valence-electron chi connectivity index (χ2n) is 10.1. The zero-order chi connectivity index (χ0) is 28.5. The SMILES string of the molecule is N#Cc1ccc(-n2c3ccccc3c3ccccc32)cc1.N#Cc1ccc(-n2c3ccccc3c3ccccc32)cc1. The molecule has 6 aromatic carbocycles. The van der Waals surface area contributed by atoms with Crippen molar-refractivity contribution in [1.82, 2.24) is 9.13 Å². The molecule has 0 aliphatic rings. The number of fused-ring (bicyclic) bond motifs is 6. The Labute approximate surface area is 243 Å². The number of nitrogens with zero attached hydrogens (tertiary/aromatic N) is 4. The van der Waals surface area contributed by atoms with E-state index in [9.17, 15) is 0 Å². The maximum atomic E-state index is 8.95. The van der Waals surface area contributed by atoms with Crippen molar-refractivity contribution in [3.63, 3.8) is 0 Å². The molecule has 0 radical (unpaired) electrons. The van der Waals surface area contributed by atoms with Gasteiger partial charge in [0.2, 0.25) is 0 Å². The molecule has 2 heterocycles. The summed E-state index contributed by atoms with van der Waals surface area (Å²) < 4.78 is 4.48. The molecule has 4 heteroatoms. The van der Waals surface area contributed by atoms with E-state index < -0.39 is 0 Å². The Morgan fingerprint density at radius 1 is 0.333 bits per heavy atom. The van der Waals surface area contributed by atoms with E-state index in [0.717, 1.165) is 11.4 Å². The predicted octanol–water partition coefficient (Wildman–Crippen LogP) is 9.31. The third kappa shape index (κ3) is 4.16. The molecule has 0 bridgehead atoms. The Morgan fingerprint density at radius 2 is 0.595 bits per heavy atom. The highest BCUT2D eigenvalue weighted by atomic mass is 15.0. The highest BCUT2D eigenvalue weighted by molar-refractivity contribution is 6.10. The van der Waals surface area contributed by atoms with E-state index in [1.54, 1.807) is 0 Å². The maximum absolute atomic E-state index is 8.95. The molecule has 0 saturated heterocycles. The molecule has 196 valence electrons. The highest BCUT2D eigenvalue weighted by Gasteiger charge is 2.12. The quantitative estimate of drug-likeness (QED) is 0.221. The molecule has 8 rings (SSSR count). The van der Waals surface area contributed by atoms with Crippen LogP contribution >= 0.6 is 0 Å². The maximum Gasteiger partial charge on any atom is 0.0991 e. The van der Waals surface area contributed by atoms with Crippen LogP contribution in [-0.2, 0) is 0 Å². The normalized spacial score (nSPS) is 10.8. The second-order valence-corrected chi connectivity index (χ2v) is 10.1. The first-order valence-electron chi connectivity index (χ1n) is 13.7. The average molecular weight is 537 g/mol. The molecule has 0 saturated carbocycles. The minimum atomic E-state index is 0.680. The van der Waals surface area contributed by atoms with Crippen LogP contribution in [0.3, 0.4) is 0 Å². The molecule has 0 aliphatic carbocycles. The Hall–Kier alpha value is -6.10. The molecule has 42 heavy (non-hydrogen) atoms. The lowest BCUT2D eigenvalue weighted by Gasteiger charge is -2.07. The summed E-state index contributed by atoms with van der Waals surface area (Å²) in [5, 5.41) is 22.9. The van der Waals surface area contributed by atoms with Crippen LogP contribution < -0.4 is 0 Å². The standard InChI is InChI=1S/2C19H12N2/c2*20-13-14-9-11-15(12-10-14)21-18-7-3-1-5-16(18)17-6-2-4-8-19(17)21/h2*1-12H. The van der Waals surface area contributed by atoms with Gasteiger partial charge in [-0.3, -0.25) is 0 Å². The predicted molar refractivity (Wildman–Crippen MR) is 171 cm³/mol. The van der Waals surface area contributed by atoms with E-state index in [1.165, 1.54) is 43.6 Å². The van der Waals surface area contributed by atoms with E-state index in [1.807, 2.05) is 48.5 Å². The van der Waals surface area contributed by atoms with Crippen molar-refractivity contribution in [3.05, 3.63) is 157 Å². The van der Waals surface area contributed by atoms with Gasteiger partial charge in [-0.1, -0.05) is 72.8 Å². The van der Waals surface area contributed by atoms with Crippen LogP contribution in [0.25, 0.3) is 55.0 Å². The van der Waals surface area contributed by atoms with Gasteiger partial charge in [0.05, 0.1) is 45.3 Å². The molecular formula is C38H24N4. The summed E-state index contributed by atoms with van der Waals surface area (Å²) in [6, 6.07) is 53.4. The van der Waals surface area contributed by atoms with E-state index in [-0.39, 0.29) is 0 Å². The molecule has 0 atom stereocenters. The number of benzene rings is 6. The lowest BCUT2D eigenvalue weighted by Crippen LogP contribution is -1.93. The smallest absolute Gasteiger partial charge is 0.0991 e. The fourth-order valence-electron chi connectivity index (χ4n) is 5.77. The van der Waals surface area contributed by atoms with Gasteiger partial charge in [-0.05, 0) is 72.8 Å². The average Bonchev–Trinajstić information content (AvgIpc) is 3.58. The number of nitriles is 2. The monoisotopic (exact) mass is 536 g/mol. The molecule has 2 aromatic heterocycles. The first-order chi connectivity index (χ1) is 20.8. The Kier molecular flexibility index (Phi) is 6.21. The molecule has 8 aromatic rings. The van der Waals surface area contributed by atoms with Gasteiger partial charge < -0.3 is 9.13 Å². The van der Waals surface area contributed by atoms with Crippen LogP contribution in [-0.4, -0.2) is 9.13 Å². The topological polar surface area (TPSA) is 57.4 Å². The number of hydrogen-bond donors (Lipinski definition) is 0. The van der Waals surface area contributed by atoms with Crippen LogP contribution in [0, 0.1) is 22.7 Å². The molecular weight excluding hydrogens is 512 g/mol. The van der Waals surface area contributed by atoms with Crippen molar-refractivity contribution in [2.75, 3.05) is 0 Å². The van der Waals surface area contributed by atoms with Crippen LogP contribution in [0.2, 0.25) is 0 Å². The molecule has 0 spiro atoms. The van der Waals surface area contributed by atoms with Crippen molar-refractivity contribution >= 4 is 43.6 Å². The van der Waals surface area contributed by atoms with Gasteiger partial charge in [-0.15, -0.1) is 0 Å². The summed E-state index contributed by atoms with van der Waals surface area (Å²) in [6.07, 6.45) is 0. The third-order valence-electron chi connectivity index (χ3n) is 7.67. The Balaban J connectivity index is 0.000000137. The Morgan fingerprint density at radius 3 is 0.857 bits per heavy atom. The van der Waals surface area contributed by atoms with Gasteiger partial charge >= 0.3 is 0 Å². The zero-order valence-electron chi connectivity index (χ0n) is 22.6. The van der Waals surface area contributed by atoms with Gasteiger partial charge in [0.1, 0.15) is 0 Å². The van der Waals surface area contributed by atoms with Crippen molar-refractivity contribution in [3.8, 4) is 23.5 Å². The fraction of sp³-hybridized carbons (Fsp3) is 0. The van der Waals surface area contributed by atoms with Crippen LogP contribution in [0.1, 0.15) is 11.1 Å². The summed E-state index contributed by atoms with van der Waals surface area (Å²) in [7, 11) is 0. The summed E-state index contributed by atoms with van der Waals surface area (Å²) in [6.45, 7) is 0. The fourth-order valence-corrected chi connectivity index (χ4v) is 5.77. The van der Waals surface area contributed by atoms with E-state index in [0.29, 0.717) is 11.1 Å². The molecule has 0 N–H and O–H groups in total. The largest absolute Gasteiger partial charge is 0.309 e. The van der Waals surface area contributed by atoms with Gasteiger partial charge in [0.15, 0.2) is 0 Å². The second kappa shape index (κ2) is 10.5. The van der Waals surface area contributed by atoms with Crippen molar-refractivity contribution in [1.29, 1.82) is 10.5 Å². The van der Waals surface area contributed by atoms with Gasteiger partial charge in [-0.25, -0.2) is 0 Å². The molecule has 0 unspecified atom stereocenters. The van der Waals surface area contributed by atoms with Crippen molar-refractivity contribution < 1.29 is 0 Å². The zero-order valence-corrected chi connectivity index (χ0v) is 22.6. The molecule has 0 aliphatic heterocycles. The lowest BCUT2D eigenvalue weighted by atomic mass is 10.2. The summed E-state index contributed by atoms with van der Waals surface area (Å²) in [5.41, 5.74) is 8.25. The number of aromatic nitrogens is 2. The number of hydrogen-bond acceptors (Lipinski definition) is 2. The molecule has 4 nitrogen and oxygen atoms in total. The minimum Gasteiger partial charge on any atom is -0.309 e. The molecule has 0 amide bonds. The van der Waals surface area contributed by atoms with Gasteiger partial charge in [0, 0.05) is 32.9 Å². The van der Waals surface area contributed by atoms with Gasteiger partial charge in [-0.2, -0.15) is 10.5 Å². The lowest BCUT2D eigenvalue weighted by molar-refractivity contribution is 1.18. The van der Waals surface area contributed by atoms with Crippen LogP contribution in [0.4, 0.5) is 0 Å². The van der Waals surface area contributed by atoms with E-state index >= 15 is 0 Å². The minimum absolute atomic E-state index is 0.680. The van der Waals surface area contributed by atoms with Crippen LogP contribution in [0.15, 0.2) is 146 Å². The summed E-state index contributed by atoms with van der Waals surface area (Å²) >= 11 is 0. The first-order valence-corrected chi connectivity index (χ1v) is 13.7. The Bertz CT molecular complexity index is 2030. The van der Waals surface area contributed by atoms with E-state index in [2.05, 4.69) is 118 Å².